The second-order valence-electron chi connectivity index (χ2n) is 7.20. The summed E-state index contributed by atoms with van der Waals surface area (Å²) >= 11 is 0. The monoisotopic (exact) mass is 399 g/mol. The number of fused-ring (bicyclic) bond motifs is 3. The van der Waals surface area contributed by atoms with E-state index in [0.717, 1.165) is 60.6 Å². The average Bonchev–Trinajstić information content (AvgIpc) is 3.12. The molecule has 0 saturated carbocycles. The molecule has 3 heterocycles. The molecule has 0 radical (unpaired) electrons. The van der Waals surface area contributed by atoms with Gasteiger partial charge in [0.15, 0.2) is 5.82 Å². The predicted octanol–water partition coefficient (Wildman–Crippen LogP) is 1.70. The highest BCUT2D eigenvalue weighted by Crippen LogP contribution is 2.28. The van der Waals surface area contributed by atoms with E-state index < -0.39 is 0 Å². The molecular formula is C21H29N5O3. The first-order valence-electron chi connectivity index (χ1n) is 10.2. The van der Waals surface area contributed by atoms with Crippen molar-refractivity contribution in [3.05, 3.63) is 30.1 Å². The summed E-state index contributed by atoms with van der Waals surface area (Å²) in [4.78, 5) is 11.7. The second-order valence-corrected chi connectivity index (χ2v) is 7.20. The van der Waals surface area contributed by atoms with Crippen LogP contribution in [0, 0.1) is 0 Å². The quantitative estimate of drug-likeness (QED) is 0.548. The normalized spacial score (nSPS) is 15.5. The Morgan fingerprint density at radius 1 is 1.07 bits per heavy atom. The Labute approximate surface area is 170 Å². The van der Waals surface area contributed by atoms with E-state index in [1.807, 2.05) is 18.2 Å². The van der Waals surface area contributed by atoms with Crippen LogP contribution in [0.25, 0.3) is 21.9 Å². The van der Waals surface area contributed by atoms with Gasteiger partial charge in [0, 0.05) is 45.1 Å². The molecule has 2 aromatic heterocycles. The van der Waals surface area contributed by atoms with Crippen LogP contribution in [0.2, 0.25) is 0 Å². The first-order valence-corrected chi connectivity index (χ1v) is 10.2. The lowest BCUT2D eigenvalue weighted by Crippen LogP contribution is -2.38. The van der Waals surface area contributed by atoms with Gasteiger partial charge in [0.1, 0.15) is 11.3 Å². The molecule has 1 fully saturated rings. The number of morpholine rings is 1. The number of benzene rings is 1. The van der Waals surface area contributed by atoms with Gasteiger partial charge < -0.3 is 24.5 Å². The van der Waals surface area contributed by atoms with E-state index in [4.69, 9.17) is 24.9 Å². The van der Waals surface area contributed by atoms with E-state index in [9.17, 15) is 0 Å². The molecule has 1 aromatic carbocycles. The van der Waals surface area contributed by atoms with Crippen molar-refractivity contribution in [2.75, 3.05) is 65.5 Å². The molecule has 0 bridgehead atoms. The Morgan fingerprint density at radius 2 is 1.86 bits per heavy atom. The molecule has 2 N–H and O–H groups in total. The van der Waals surface area contributed by atoms with Crippen LogP contribution >= 0.6 is 0 Å². The molecule has 1 aliphatic heterocycles. The zero-order valence-electron chi connectivity index (χ0n) is 17.0. The summed E-state index contributed by atoms with van der Waals surface area (Å²) in [5.74, 6) is 1.41. The Bertz CT molecular complexity index is 952. The number of anilines is 1. The van der Waals surface area contributed by atoms with E-state index in [2.05, 4.69) is 20.5 Å². The van der Waals surface area contributed by atoms with Crippen molar-refractivity contribution < 1.29 is 14.2 Å². The van der Waals surface area contributed by atoms with E-state index in [-0.39, 0.29) is 0 Å². The third-order valence-corrected chi connectivity index (χ3v) is 5.33. The molecule has 0 atom stereocenters. The van der Waals surface area contributed by atoms with Crippen LogP contribution in [-0.4, -0.2) is 79.2 Å². The van der Waals surface area contributed by atoms with Crippen LogP contribution in [0.4, 0.5) is 5.82 Å². The van der Waals surface area contributed by atoms with E-state index >= 15 is 0 Å². The summed E-state index contributed by atoms with van der Waals surface area (Å²) in [5, 5.41) is 1.06. The molecule has 1 saturated heterocycles. The zero-order chi connectivity index (χ0) is 20.1. The van der Waals surface area contributed by atoms with Crippen molar-refractivity contribution >= 4 is 27.8 Å². The smallest absolute Gasteiger partial charge is 0.152 e. The highest BCUT2D eigenvalue weighted by molar-refractivity contribution is 6.06. The Morgan fingerprint density at radius 3 is 2.69 bits per heavy atom. The molecule has 8 nitrogen and oxygen atoms in total. The summed E-state index contributed by atoms with van der Waals surface area (Å²) in [7, 11) is 1.70. The summed E-state index contributed by atoms with van der Waals surface area (Å²) in [5.41, 5.74) is 8.88. The number of methoxy groups -OCH3 is 1. The number of hydrogen-bond donors (Lipinski definition) is 1. The highest BCUT2D eigenvalue weighted by Gasteiger charge is 2.17. The van der Waals surface area contributed by atoms with Crippen LogP contribution in [0.15, 0.2) is 24.3 Å². The van der Waals surface area contributed by atoms with Crippen molar-refractivity contribution in [2.24, 2.45) is 0 Å². The van der Waals surface area contributed by atoms with Gasteiger partial charge in [0.2, 0.25) is 0 Å². The van der Waals surface area contributed by atoms with Gasteiger partial charge in [0.25, 0.3) is 0 Å². The maximum atomic E-state index is 6.23. The Kier molecular flexibility index (Phi) is 6.56. The van der Waals surface area contributed by atoms with Crippen LogP contribution < -0.4 is 5.73 Å². The first kappa shape index (κ1) is 20.0. The maximum absolute atomic E-state index is 6.23. The van der Waals surface area contributed by atoms with Crippen LogP contribution in [0.1, 0.15) is 5.82 Å². The van der Waals surface area contributed by atoms with Crippen LogP contribution in [0.5, 0.6) is 0 Å². The molecule has 3 aromatic rings. The number of rotatable bonds is 9. The van der Waals surface area contributed by atoms with Gasteiger partial charge in [-0.3, -0.25) is 4.90 Å². The van der Waals surface area contributed by atoms with Gasteiger partial charge in [-0.15, -0.1) is 0 Å². The number of nitrogen functional groups attached to an aromatic ring is 1. The van der Waals surface area contributed by atoms with Crippen molar-refractivity contribution in [3.63, 3.8) is 0 Å². The fraction of sp³-hybridized carbons (Fsp3) is 0.524. The van der Waals surface area contributed by atoms with Gasteiger partial charge >= 0.3 is 0 Å². The van der Waals surface area contributed by atoms with Crippen molar-refractivity contribution in [2.45, 2.75) is 13.0 Å². The topological polar surface area (TPSA) is 87.7 Å². The fourth-order valence-electron chi connectivity index (χ4n) is 3.81. The van der Waals surface area contributed by atoms with Crippen molar-refractivity contribution in [3.8, 4) is 0 Å². The minimum Gasteiger partial charge on any atom is -0.384 e. The highest BCUT2D eigenvalue weighted by atomic mass is 16.5. The second kappa shape index (κ2) is 9.49. The molecule has 0 amide bonds. The number of nitrogens with two attached hydrogens (primary N) is 1. The number of imidazole rings is 1. The van der Waals surface area contributed by atoms with Gasteiger partial charge in [0.05, 0.1) is 44.1 Å². The third kappa shape index (κ3) is 4.51. The molecule has 0 spiro atoms. The molecule has 8 heteroatoms. The third-order valence-electron chi connectivity index (χ3n) is 5.33. The van der Waals surface area contributed by atoms with Crippen LogP contribution in [-0.2, 0) is 27.2 Å². The summed E-state index contributed by atoms with van der Waals surface area (Å²) in [6, 6.07) is 8.05. The number of para-hydroxylation sites is 1. The van der Waals surface area contributed by atoms with E-state index in [1.165, 1.54) is 0 Å². The number of nitrogens with zero attached hydrogens (tertiary/aromatic N) is 4. The molecule has 0 aliphatic carbocycles. The molecular weight excluding hydrogens is 370 g/mol. The number of pyridine rings is 1. The first-order chi connectivity index (χ1) is 14.3. The van der Waals surface area contributed by atoms with E-state index in [0.29, 0.717) is 38.6 Å². The lowest BCUT2D eigenvalue weighted by atomic mass is 10.2. The number of aromatic nitrogens is 3. The van der Waals surface area contributed by atoms with Gasteiger partial charge in [-0.25, -0.2) is 9.97 Å². The van der Waals surface area contributed by atoms with E-state index in [1.54, 1.807) is 7.11 Å². The fourth-order valence-corrected chi connectivity index (χ4v) is 3.81. The summed E-state index contributed by atoms with van der Waals surface area (Å²) in [6.45, 7) is 7.17. The van der Waals surface area contributed by atoms with Crippen LogP contribution in [0.3, 0.4) is 0 Å². The lowest BCUT2D eigenvalue weighted by Gasteiger charge is -2.26. The standard InChI is InChI=1S/C21H29N5O3/c1-27-11-6-18-24-19-20(16-4-2-3-5-17(16)23-21(19)22)26(18)10-15-29-14-9-25-7-12-28-13-8-25/h2-5H,6-15H2,1H3,(H2,22,23). The number of ether oxygens (including phenoxy) is 3. The predicted molar refractivity (Wildman–Crippen MR) is 113 cm³/mol. The number of hydrogen-bond acceptors (Lipinski definition) is 7. The van der Waals surface area contributed by atoms with Gasteiger partial charge in [-0.2, -0.15) is 0 Å². The van der Waals surface area contributed by atoms with Crippen molar-refractivity contribution in [1.29, 1.82) is 0 Å². The summed E-state index contributed by atoms with van der Waals surface area (Å²) < 4.78 is 18.8. The molecule has 0 unspecified atom stereocenters. The maximum Gasteiger partial charge on any atom is 0.152 e. The largest absolute Gasteiger partial charge is 0.384 e. The van der Waals surface area contributed by atoms with Gasteiger partial charge in [-0.1, -0.05) is 18.2 Å². The van der Waals surface area contributed by atoms with Crippen molar-refractivity contribution in [1.82, 2.24) is 19.4 Å². The molecule has 156 valence electrons. The summed E-state index contributed by atoms with van der Waals surface area (Å²) in [6.07, 6.45) is 0.715. The molecule has 1 aliphatic rings. The Balaban J connectivity index is 1.52. The molecule has 29 heavy (non-hydrogen) atoms. The Hall–Kier alpha value is -2.26. The molecule has 4 rings (SSSR count). The lowest BCUT2D eigenvalue weighted by molar-refractivity contribution is 0.0196. The SMILES string of the molecule is COCCc1nc2c(N)nc3ccccc3c2n1CCOCCN1CCOCC1. The minimum absolute atomic E-state index is 0.462. The van der Waals surface area contributed by atoms with Gasteiger partial charge in [-0.05, 0) is 6.07 Å². The minimum atomic E-state index is 0.462. The average molecular weight is 399 g/mol. The zero-order valence-corrected chi connectivity index (χ0v) is 17.0.